The number of fused-ring (bicyclic) bond motifs is 11. The van der Waals surface area contributed by atoms with Crippen LogP contribution >= 0.6 is 0 Å². The lowest BCUT2D eigenvalue weighted by atomic mass is 9.91. The first-order chi connectivity index (χ1) is 31.2. The number of anilines is 2. The summed E-state index contributed by atoms with van der Waals surface area (Å²) in [7, 11) is 0. The molecule has 0 bridgehead atoms. The molecule has 0 saturated heterocycles. The second-order valence-corrected chi connectivity index (χ2v) is 16.8. The summed E-state index contributed by atoms with van der Waals surface area (Å²) >= 11 is 0. The Morgan fingerprint density at radius 3 is 1.78 bits per heavy atom. The lowest BCUT2D eigenvalue weighted by Gasteiger charge is -2.37. The maximum Gasteiger partial charge on any atom is 0.149 e. The van der Waals surface area contributed by atoms with E-state index in [1.54, 1.807) is 0 Å². The molecule has 10 aromatic carbocycles. The van der Waals surface area contributed by atoms with Gasteiger partial charge in [0.25, 0.3) is 0 Å². The van der Waals surface area contributed by atoms with Crippen LogP contribution in [0.2, 0.25) is 0 Å². The van der Waals surface area contributed by atoms with E-state index in [0.717, 1.165) is 22.8 Å². The molecule has 2 unspecified atom stereocenters. The molecule has 0 fully saturated rings. The van der Waals surface area contributed by atoms with Crippen molar-refractivity contribution in [3.8, 4) is 33.7 Å². The topological polar surface area (TPSA) is 17.4 Å². The Morgan fingerprint density at radius 2 is 1.00 bits per heavy atom. The van der Waals surface area contributed by atoms with Gasteiger partial charge in [0, 0.05) is 44.4 Å². The van der Waals surface area contributed by atoms with Gasteiger partial charge in [-0.15, -0.1) is 0 Å². The quantitative estimate of drug-likeness (QED) is 0.156. The van der Waals surface area contributed by atoms with E-state index in [-0.39, 0.29) is 12.1 Å². The third-order valence-corrected chi connectivity index (χ3v) is 13.3. The SMILES string of the molecule is C1=CC(N(c2ccc(-c3ccc4ccc5ccccc5c4c3)cc2)c2ccc(-c3ccc4c5ccc6ccccc6c5n(-c5ccccc5)c4c3)cc2)C2Oc3ccccc3C2=C1. The van der Waals surface area contributed by atoms with Crippen LogP contribution in [0.15, 0.2) is 231 Å². The van der Waals surface area contributed by atoms with Gasteiger partial charge >= 0.3 is 0 Å². The average molecular weight is 805 g/mol. The Bertz CT molecular complexity index is 3650. The monoisotopic (exact) mass is 804 g/mol. The molecule has 3 nitrogen and oxygen atoms in total. The number of hydrogen-bond acceptors (Lipinski definition) is 2. The van der Waals surface area contributed by atoms with Crippen molar-refractivity contribution < 1.29 is 4.74 Å². The number of aromatic nitrogens is 1. The number of allylic oxidation sites excluding steroid dienone is 2. The van der Waals surface area contributed by atoms with Crippen LogP contribution in [0.1, 0.15) is 5.56 Å². The lowest BCUT2D eigenvalue weighted by Crippen LogP contribution is -2.42. The predicted octanol–water partition coefficient (Wildman–Crippen LogP) is 15.5. The Morgan fingerprint density at radius 1 is 0.429 bits per heavy atom. The molecule has 2 atom stereocenters. The number of hydrogen-bond donors (Lipinski definition) is 0. The van der Waals surface area contributed by atoms with Crippen molar-refractivity contribution in [3.05, 3.63) is 236 Å². The number of para-hydroxylation sites is 2. The highest BCUT2D eigenvalue weighted by Gasteiger charge is 2.39. The first kappa shape index (κ1) is 35.6. The molecule has 0 radical (unpaired) electrons. The minimum atomic E-state index is -0.154. The summed E-state index contributed by atoms with van der Waals surface area (Å²) in [6.07, 6.45) is 6.55. The van der Waals surface area contributed by atoms with E-state index in [9.17, 15) is 0 Å². The molecule has 0 amide bonds. The molecule has 1 aliphatic carbocycles. The van der Waals surface area contributed by atoms with E-state index in [0.29, 0.717) is 0 Å². The fourth-order valence-corrected chi connectivity index (χ4v) is 10.3. The molecule has 296 valence electrons. The highest BCUT2D eigenvalue weighted by molar-refractivity contribution is 6.19. The minimum Gasteiger partial charge on any atom is -0.483 e. The van der Waals surface area contributed by atoms with Gasteiger partial charge in [-0.2, -0.15) is 0 Å². The average Bonchev–Trinajstić information content (AvgIpc) is 3.91. The number of benzene rings is 10. The Hall–Kier alpha value is -8.14. The van der Waals surface area contributed by atoms with E-state index in [1.165, 1.54) is 87.5 Å². The van der Waals surface area contributed by atoms with Crippen LogP contribution in [0.25, 0.3) is 87.6 Å². The van der Waals surface area contributed by atoms with Crippen molar-refractivity contribution in [2.24, 2.45) is 0 Å². The molecule has 2 aliphatic rings. The van der Waals surface area contributed by atoms with E-state index < -0.39 is 0 Å². The van der Waals surface area contributed by atoms with Crippen molar-refractivity contribution in [2.75, 3.05) is 4.90 Å². The molecule has 0 N–H and O–H groups in total. The summed E-state index contributed by atoms with van der Waals surface area (Å²) in [5.41, 5.74) is 12.9. The molecule has 11 aromatic rings. The molecule has 0 saturated carbocycles. The minimum absolute atomic E-state index is 0.0751. The Labute approximate surface area is 365 Å². The summed E-state index contributed by atoms with van der Waals surface area (Å²) in [6.45, 7) is 0. The Kier molecular flexibility index (Phi) is 8.04. The summed E-state index contributed by atoms with van der Waals surface area (Å²) in [5.74, 6) is 0.938. The normalized spacial score (nSPS) is 15.5. The van der Waals surface area contributed by atoms with Gasteiger partial charge < -0.3 is 14.2 Å². The Balaban J connectivity index is 0.909. The fraction of sp³-hybridized carbons (Fsp3) is 0.0333. The van der Waals surface area contributed by atoms with Gasteiger partial charge in [-0.3, -0.25) is 0 Å². The molecule has 3 heteroatoms. The largest absolute Gasteiger partial charge is 0.483 e. The van der Waals surface area contributed by atoms with Crippen LogP contribution in [0, 0.1) is 0 Å². The first-order valence-corrected chi connectivity index (χ1v) is 21.8. The lowest BCUT2D eigenvalue weighted by molar-refractivity contribution is 0.258. The molecule has 1 aromatic heterocycles. The molecular formula is C60H40N2O. The van der Waals surface area contributed by atoms with Crippen LogP contribution < -0.4 is 9.64 Å². The number of ether oxygens (including phenoxy) is 1. The van der Waals surface area contributed by atoms with Crippen molar-refractivity contribution in [3.63, 3.8) is 0 Å². The zero-order chi connectivity index (χ0) is 41.4. The zero-order valence-electron chi connectivity index (χ0n) is 34.4. The molecule has 0 spiro atoms. The fourth-order valence-electron chi connectivity index (χ4n) is 10.3. The van der Waals surface area contributed by atoms with Gasteiger partial charge in [0.05, 0.1) is 17.1 Å². The van der Waals surface area contributed by atoms with Crippen molar-refractivity contribution in [1.82, 2.24) is 4.57 Å². The van der Waals surface area contributed by atoms with Gasteiger partial charge in [-0.05, 0) is 104 Å². The second-order valence-electron chi connectivity index (χ2n) is 16.8. The molecule has 2 heterocycles. The van der Waals surface area contributed by atoms with Crippen LogP contribution in [-0.2, 0) is 0 Å². The maximum atomic E-state index is 6.79. The zero-order valence-corrected chi connectivity index (χ0v) is 34.4. The molecule has 1 aliphatic heterocycles. The van der Waals surface area contributed by atoms with Gasteiger partial charge in [-0.1, -0.05) is 176 Å². The highest BCUT2D eigenvalue weighted by Crippen LogP contribution is 2.45. The second kappa shape index (κ2) is 14.2. The van der Waals surface area contributed by atoms with E-state index in [4.69, 9.17) is 4.74 Å². The van der Waals surface area contributed by atoms with Crippen LogP contribution in [0.3, 0.4) is 0 Å². The standard InChI is InChI=1S/C60H40N2O/c1-2-13-46(14-3-1)62-57-38-45(30-35-51(57)53-36-29-42-12-5-7-16-50(42)59(53)62)40-27-33-48(34-28-40)61(56-19-10-18-54-52-17-8-9-20-58(52)63-60(54)56)47-31-25-39(26-32-47)44-24-23-43-22-21-41-11-4-6-15-49(41)55(43)37-44/h1-38,56,60H. The number of nitrogens with zero attached hydrogens (tertiary/aromatic N) is 2. The smallest absolute Gasteiger partial charge is 0.149 e. The highest BCUT2D eigenvalue weighted by atomic mass is 16.5. The molecule has 63 heavy (non-hydrogen) atoms. The van der Waals surface area contributed by atoms with Crippen molar-refractivity contribution >= 4 is 71.1 Å². The van der Waals surface area contributed by atoms with Crippen molar-refractivity contribution in [2.45, 2.75) is 12.1 Å². The van der Waals surface area contributed by atoms with E-state index in [1.807, 2.05) is 0 Å². The van der Waals surface area contributed by atoms with Crippen LogP contribution in [0.5, 0.6) is 5.75 Å². The van der Waals surface area contributed by atoms with Crippen LogP contribution in [-0.4, -0.2) is 16.7 Å². The van der Waals surface area contributed by atoms with Crippen LogP contribution in [0.4, 0.5) is 11.4 Å². The van der Waals surface area contributed by atoms with Gasteiger partial charge in [-0.25, -0.2) is 0 Å². The maximum absolute atomic E-state index is 6.79. The summed E-state index contributed by atoms with van der Waals surface area (Å²) in [6, 6.07) is 77.4. The summed E-state index contributed by atoms with van der Waals surface area (Å²) in [5, 5.41) is 10.1. The molecule has 13 rings (SSSR count). The summed E-state index contributed by atoms with van der Waals surface area (Å²) < 4.78 is 9.23. The predicted molar refractivity (Wildman–Crippen MR) is 265 cm³/mol. The third kappa shape index (κ3) is 5.74. The first-order valence-electron chi connectivity index (χ1n) is 21.8. The van der Waals surface area contributed by atoms with Gasteiger partial charge in [0.2, 0.25) is 0 Å². The summed E-state index contributed by atoms with van der Waals surface area (Å²) in [4.78, 5) is 2.45. The third-order valence-electron chi connectivity index (χ3n) is 13.3. The van der Waals surface area contributed by atoms with Crippen molar-refractivity contribution in [1.29, 1.82) is 0 Å². The van der Waals surface area contributed by atoms with Gasteiger partial charge in [0.1, 0.15) is 11.9 Å². The molecular weight excluding hydrogens is 765 g/mol. The van der Waals surface area contributed by atoms with E-state index >= 15 is 0 Å². The number of rotatable bonds is 6. The van der Waals surface area contributed by atoms with E-state index in [2.05, 4.69) is 240 Å². The van der Waals surface area contributed by atoms with Gasteiger partial charge in [0.15, 0.2) is 0 Å².